The fourth-order valence-corrected chi connectivity index (χ4v) is 1.27. The van der Waals surface area contributed by atoms with Crippen molar-refractivity contribution in [2.45, 2.75) is 6.92 Å². The van der Waals surface area contributed by atoms with Gasteiger partial charge in [0.25, 0.3) is 0 Å². The Morgan fingerprint density at radius 3 is 2.56 bits per heavy atom. The molecule has 4 nitrogen and oxygen atoms in total. The molecule has 0 aliphatic heterocycles. The molecular weight excluding hydrogens is 230 g/mol. The molecule has 1 amide bonds. The second-order valence-electron chi connectivity index (χ2n) is 3.38. The molecule has 0 bridgehead atoms. The van der Waals surface area contributed by atoms with Gasteiger partial charge in [-0.05, 0) is 24.6 Å². The lowest BCUT2D eigenvalue weighted by Crippen LogP contribution is -2.27. The first-order chi connectivity index (χ1) is 8.67. The SMILES string of the molecule is C=CC(=O)C(=Cc1ccccc1)NC(=O)OCC. The summed E-state index contributed by atoms with van der Waals surface area (Å²) in [6.07, 6.45) is 2.05. The van der Waals surface area contributed by atoms with Crippen LogP contribution < -0.4 is 5.32 Å². The molecule has 0 aliphatic rings. The Labute approximate surface area is 106 Å². The van der Waals surface area contributed by atoms with Crippen molar-refractivity contribution in [3.8, 4) is 0 Å². The van der Waals surface area contributed by atoms with Crippen LogP contribution >= 0.6 is 0 Å². The first-order valence-electron chi connectivity index (χ1n) is 5.54. The molecule has 0 unspecified atom stereocenters. The third kappa shape index (κ3) is 4.25. The lowest BCUT2D eigenvalue weighted by Gasteiger charge is -2.07. The van der Waals surface area contributed by atoms with Crippen LogP contribution in [0.4, 0.5) is 4.79 Å². The summed E-state index contributed by atoms with van der Waals surface area (Å²) in [5.74, 6) is -0.369. The van der Waals surface area contributed by atoms with Gasteiger partial charge in [0.2, 0.25) is 5.78 Å². The van der Waals surface area contributed by atoms with E-state index in [0.29, 0.717) is 0 Å². The number of ketones is 1. The van der Waals surface area contributed by atoms with Gasteiger partial charge in [-0.25, -0.2) is 4.79 Å². The summed E-state index contributed by atoms with van der Waals surface area (Å²) < 4.78 is 4.73. The van der Waals surface area contributed by atoms with Crippen molar-refractivity contribution < 1.29 is 14.3 Å². The van der Waals surface area contributed by atoms with Crippen molar-refractivity contribution in [2.24, 2.45) is 0 Å². The van der Waals surface area contributed by atoms with Gasteiger partial charge in [-0.3, -0.25) is 10.1 Å². The van der Waals surface area contributed by atoms with E-state index in [1.165, 1.54) is 0 Å². The molecule has 1 N–H and O–H groups in total. The highest BCUT2D eigenvalue weighted by molar-refractivity contribution is 6.08. The number of hydrogen-bond acceptors (Lipinski definition) is 3. The number of nitrogens with one attached hydrogen (secondary N) is 1. The average molecular weight is 245 g/mol. The summed E-state index contributed by atoms with van der Waals surface area (Å²) in [6, 6.07) is 9.19. The van der Waals surface area contributed by atoms with Crippen LogP contribution in [0.15, 0.2) is 48.7 Å². The summed E-state index contributed by atoms with van der Waals surface area (Å²) in [5, 5.41) is 2.40. The van der Waals surface area contributed by atoms with Gasteiger partial charge in [0.15, 0.2) is 0 Å². The maximum atomic E-state index is 11.6. The zero-order valence-electron chi connectivity index (χ0n) is 10.2. The Bertz CT molecular complexity index is 463. The van der Waals surface area contributed by atoms with Gasteiger partial charge in [0, 0.05) is 0 Å². The van der Waals surface area contributed by atoms with E-state index in [-0.39, 0.29) is 18.1 Å². The molecular formula is C14H15NO3. The Hall–Kier alpha value is -2.36. The molecule has 0 radical (unpaired) electrons. The standard InChI is InChI=1S/C14H15NO3/c1-3-13(16)12(15-14(17)18-4-2)10-11-8-6-5-7-9-11/h3,5-10H,1,4H2,2H3,(H,15,17). The first-order valence-corrected chi connectivity index (χ1v) is 5.54. The van der Waals surface area contributed by atoms with Crippen LogP contribution in [0.3, 0.4) is 0 Å². The van der Waals surface area contributed by atoms with E-state index in [1.54, 1.807) is 13.0 Å². The van der Waals surface area contributed by atoms with Crippen molar-refractivity contribution in [3.63, 3.8) is 0 Å². The van der Waals surface area contributed by atoms with Gasteiger partial charge in [-0.2, -0.15) is 0 Å². The highest BCUT2D eigenvalue weighted by atomic mass is 16.5. The molecule has 18 heavy (non-hydrogen) atoms. The zero-order valence-corrected chi connectivity index (χ0v) is 10.2. The van der Waals surface area contributed by atoms with E-state index >= 15 is 0 Å². The van der Waals surface area contributed by atoms with Crippen LogP contribution in [-0.4, -0.2) is 18.5 Å². The number of amides is 1. The van der Waals surface area contributed by atoms with Crippen molar-refractivity contribution in [3.05, 3.63) is 54.2 Å². The molecule has 0 saturated carbocycles. The summed E-state index contributed by atoms with van der Waals surface area (Å²) in [7, 11) is 0. The monoisotopic (exact) mass is 245 g/mol. The number of allylic oxidation sites excluding steroid dienone is 1. The van der Waals surface area contributed by atoms with Crippen molar-refractivity contribution in [1.82, 2.24) is 5.32 Å². The van der Waals surface area contributed by atoms with Crippen molar-refractivity contribution in [2.75, 3.05) is 6.61 Å². The fourth-order valence-electron chi connectivity index (χ4n) is 1.27. The minimum atomic E-state index is -0.658. The third-order valence-electron chi connectivity index (χ3n) is 2.07. The summed E-state index contributed by atoms with van der Waals surface area (Å²) in [5.41, 5.74) is 0.939. The number of alkyl carbamates (subject to hydrolysis) is 1. The Morgan fingerprint density at radius 1 is 1.33 bits per heavy atom. The second-order valence-corrected chi connectivity index (χ2v) is 3.38. The Balaban J connectivity index is 2.92. The molecule has 0 atom stereocenters. The number of carbonyl (C=O) groups excluding carboxylic acids is 2. The summed E-state index contributed by atoms with van der Waals surface area (Å²) in [6.45, 7) is 5.33. The molecule has 1 aromatic rings. The number of benzene rings is 1. The molecule has 94 valence electrons. The van der Waals surface area contributed by atoms with Gasteiger partial charge in [0.1, 0.15) is 0 Å². The van der Waals surface area contributed by atoms with E-state index < -0.39 is 6.09 Å². The van der Waals surface area contributed by atoms with Gasteiger partial charge in [-0.1, -0.05) is 36.9 Å². The number of rotatable bonds is 5. The highest BCUT2D eigenvalue weighted by Gasteiger charge is 2.10. The summed E-state index contributed by atoms with van der Waals surface area (Å²) >= 11 is 0. The lowest BCUT2D eigenvalue weighted by molar-refractivity contribution is -0.111. The largest absolute Gasteiger partial charge is 0.450 e. The van der Waals surface area contributed by atoms with Crippen molar-refractivity contribution in [1.29, 1.82) is 0 Å². The molecule has 1 aromatic carbocycles. The second kappa shape index (κ2) is 7.06. The molecule has 0 saturated heterocycles. The molecule has 0 aliphatic carbocycles. The van der Waals surface area contributed by atoms with E-state index in [4.69, 9.17) is 4.74 Å². The predicted molar refractivity (Wildman–Crippen MR) is 69.8 cm³/mol. The van der Waals surface area contributed by atoms with Crippen LogP contribution in [-0.2, 0) is 9.53 Å². The number of ether oxygens (including phenoxy) is 1. The van der Waals surface area contributed by atoms with Gasteiger partial charge < -0.3 is 4.74 Å². The molecule has 0 spiro atoms. The van der Waals surface area contributed by atoms with Gasteiger partial charge in [0.05, 0.1) is 12.3 Å². The van der Waals surface area contributed by atoms with Gasteiger partial charge >= 0.3 is 6.09 Å². The minimum absolute atomic E-state index is 0.134. The van der Waals surface area contributed by atoms with Crippen LogP contribution in [0.2, 0.25) is 0 Å². The quantitative estimate of drug-likeness (QED) is 0.811. The lowest BCUT2D eigenvalue weighted by atomic mass is 10.1. The van der Waals surface area contributed by atoms with Crippen LogP contribution in [0.25, 0.3) is 6.08 Å². The molecule has 0 aromatic heterocycles. The van der Waals surface area contributed by atoms with Crippen LogP contribution in [0.5, 0.6) is 0 Å². The van der Waals surface area contributed by atoms with Crippen molar-refractivity contribution >= 4 is 18.0 Å². The van der Waals surface area contributed by atoms with Crippen LogP contribution in [0.1, 0.15) is 12.5 Å². The van der Waals surface area contributed by atoms with E-state index in [0.717, 1.165) is 11.6 Å². The fraction of sp³-hybridized carbons (Fsp3) is 0.143. The van der Waals surface area contributed by atoms with Crippen LogP contribution in [0, 0.1) is 0 Å². The molecule has 0 heterocycles. The predicted octanol–water partition coefficient (Wildman–Crippen LogP) is 2.53. The number of carbonyl (C=O) groups is 2. The zero-order chi connectivity index (χ0) is 13.4. The molecule has 1 rings (SSSR count). The van der Waals surface area contributed by atoms with E-state index in [1.807, 2.05) is 30.3 Å². The average Bonchev–Trinajstić information content (AvgIpc) is 2.38. The Kier molecular flexibility index (Phi) is 5.38. The van der Waals surface area contributed by atoms with E-state index in [9.17, 15) is 9.59 Å². The first kappa shape index (κ1) is 13.7. The normalized spacial score (nSPS) is 10.6. The topological polar surface area (TPSA) is 55.4 Å². The smallest absolute Gasteiger partial charge is 0.411 e. The Morgan fingerprint density at radius 2 is 2.00 bits per heavy atom. The highest BCUT2D eigenvalue weighted by Crippen LogP contribution is 2.06. The summed E-state index contributed by atoms with van der Waals surface area (Å²) in [4.78, 5) is 22.9. The maximum absolute atomic E-state index is 11.6. The van der Waals surface area contributed by atoms with Gasteiger partial charge in [-0.15, -0.1) is 0 Å². The minimum Gasteiger partial charge on any atom is -0.450 e. The third-order valence-corrected chi connectivity index (χ3v) is 2.07. The maximum Gasteiger partial charge on any atom is 0.411 e. The van der Waals surface area contributed by atoms with E-state index in [2.05, 4.69) is 11.9 Å². The molecule has 4 heteroatoms. The number of hydrogen-bond donors (Lipinski definition) is 1. The molecule has 0 fully saturated rings.